The first-order valence-electron chi connectivity index (χ1n) is 12.3. The Morgan fingerprint density at radius 1 is 0.706 bits per heavy atom. The second kappa shape index (κ2) is 10.3. The van der Waals surface area contributed by atoms with Crippen molar-refractivity contribution in [1.29, 1.82) is 0 Å². The van der Waals surface area contributed by atoms with Crippen LogP contribution in [0.2, 0.25) is 0 Å². The number of rotatable bonds is 9. The van der Waals surface area contributed by atoms with E-state index in [0.29, 0.717) is 0 Å². The zero-order valence-corrected chi connectivity index (χ0v) is 21.6. The summed E-state index contributed by atoms with van der Waals surface area (Å²) in [4.78, 5) is 0. The number of thioether (sulfide) groups is 1. The summed E-state index contributed by atoms with van der Waals surface area (Å²) >= 11 is 2.06. The Morgan fingerprint density at radius 2 is 1.12 bits per heavy atom. The van der Waals surface area contributed by atoms with Crippen LogP contribution in [0.5, 0.6) is 0 Å². The Labute approximate surface area is 209 Å². The molecule has 0 aromatic heterocycles. The Hall–Kier alpha value is -2.59. The molecule has 2 atom stereocenters. The van der Waals surface area contributed by atoms with Crippen LogP contribution in [0.3, 0.4) is 0 Å². The van der Waals surface area contributed by atoms with Crippen LogP contribution in [-0.4, -0.2) is 20.1 Å². The van der Waals surface area contributed by atoms with Crippen LogP contribution in [-0.2, 0) is 9.11 Å². The zero-order valence-electron chi connectivity index (χ0n) is 19.8. The highest BCUT2D eigenvalue weighted by atomic mass is 32.2. The van der Waals surface area contributed by atoms with Crippen molar-refractivity contribution in [2.45, 2.75) is 36.0 Å². The molecule has 0 amide bonds. The molecule has 0 aliphatic carbocycles. The molecule has 1 heterocycles. The van der Waals surface area contributed by atoms with E-state index in [1.807, 2.05) is 0 Å². The maximum Gasteiger partial charge on any atom is 0.168 e. The molecule has 1 aliphatic rings. The minimum absolute atomic E-state index is 0.0603. The average Bonchev–Trinajstić information content (AvgIpc) is 2.89. The maximum absolute atomic E-state index is 6.38. The Morgan fingerprint density at radius 3 is 1.53 bits per heavy atom. The lowest BCUT2D eigenvalue weighted by atomic mass is 10.1. The average molecular weight is 481 g/mol. The van der Waals surface area contributed by atoms with Gasteiger partial charge >= 0.3 is 0 Å². The summed E-state index contributed by atoms with van der Waals surface area (Å²) in [5.74, 6) is 0. The van der Waals surface area contributed by atoms with Gasteiger partial charge in [0, 0.05) is 13.0 Å². The molecule has 3 heteroatoms. The number of hydrogen-bond donors (Lipinski definition) is 0. The van der Waals surface area contributed by atoms with Crippen molar-refractivity contribution in [3.8, 4) is 0 Å². The van der Waals surface area contributed by atoms with Gasteiger partial charge in [-0.15, -0.1) is 11.8 Å². The molecule has 172 valence electrons. The topological polar surface area (TPSA) is 9.23 Å². The second-order valence-electron chi connectivity index (χ2n) is 9.02. The molecular formula is C31H32OSSi. The van der Waals surface area contributed by atoms with E-state index in [0.717, 1.165) is 25.9 Å². The normalized spacial score (nSPS) is 20.0. The summed E-state index contributed by atoms with van der Waals surface area (Å²) in [6.07, 6.45) is 3.31. The van der Waals surface area contributed by atoms with E-state index in [9.17, 15) is 0 Å². The van der Waals surface area contributed by atoms with Crippen molar-refractivity contribution >= 4 is 35.4 Å². The smallest absolute Gasteiger partial charge is 0.168 e. The van der Waals surface area contributed by atoms with Crippen molar-refractivity contribution < 1.29 is 4.74 Å². The second-order valence-corrected chi connectivity index (χ2v) is 14.9. The van der Waals surface area contributed by atoms with Crippen LogP contribution in [0.25, 0.3) is 0 Å². The standard InChI is InChI=1S/C31H32OSSi/c1-2-3-24-32-30-25-31(33-30,26-16-8-4-9-17-26)34(27-18-10-5-11-19-27,28-20-12-6-13-21-28)29-22-14-7-15-23-29/h4-23,30H,2-3,24-25H2,1H3/t30-,31+/m1/s1. The number of hydrogen-bond acceptors (Lipinski definition) is 2. The maximum atomic E-state index is 6.38. The fraction of sp³-hybridized carbons (Fsp3) is 0.226. The monoisotopic (exact) mass is 480 g/mol. The van der Waals surface area contributed by atoms with Gasteiger partial charge in [0.05, 0.1) is 4.37 Å². The summed E-state index contributed by atoms with van der Waals surface area (Å²) in [7, 11) is -2.54. The molecule has 1 nitrogen and oxygen atoms in total. The molecule has 1 saturated heterocycles. The fourth-order valence-electron chi connectivity index (χ4n) is 5.52. The van der Waals surface area contributed by atoms with E-state index >= 15 is 0 Å². The van der Waals surface area contributed by atoms with Crippen LogP contribution >= 0.6 is 11.8 Å². The van der Waals surface area contributed by atoms with Gasteiger partial charge < -0.3 is 4.74 Å². The molecule has 34 heavy (non-hydrogen) atoms. The lowest BCUT2D eigenvalue weighted by molar-refractivity contribution is 0.0881. The van der Waals surface area contributed by atoms with Gasteiger partial charge in [0.1, 0.15) is 5.44 Å². The molecule has 0 saturated carbocycles. The highest BCUT2D eigenvalue weighted by molar-refractivity contribution is 8.04. The van der Waals surface area contributed by atoms with E-state index < -0.39 is 8.07 Å². The number of ether oxygens (including phenoxy) is 1. The molecule has 1 fully saturated rings. The van der Waals surface area contributed by atoms with E-state index in [1.165, 1.54) is 21.1 Å². The van der Waals surface area contributed by atoms with Gasteiger partial charge in [0.25, 0.3) is 0 Å². The highest BCUT2D eigenvalue weighted by Crippen LogP contribution is 2.59. The number of benzene rings is 4. The van der Waals surface area contributed by atoms with Gasteiger partial charge in [-0.2, -0.15) is 0 Å². The summed E-state index contributed by atoms with van der Waals surface area (Å²) in [6.45, 7) is 3.07. The molecule has 4 aromatic carbocycles. The molecule has 1 aliphatic heterocycles. The van der Waals surface area contributed by atoms with E-state index in [2.05, 4.69) is 140 Å². The minimum atomic E-state index is -2.54. The quantitative estimate of drug-likeness (QED) is 0.168. The summed E-state index contributed by atoms with van der Waals surface area (Å²) in [5.41, 5.74) is 1.65. The SMILES string of the molecule is CCCCO[C@H]1C[C@@](c2ccccc2)([Si](c2ccccc2)(c2ccccc2)c2ccccc2)S1. The minimum Gasteiger partial charge on any atom is -0.368 e. The summed E-state index contributed by atoms with van der Waals surface area (Å²) in [6, 6.07) is 45.1. The van der Waals surface area contributed by atoms with Crippen molar-refractivity contribution in [2.75, 3.05) is 6.61 Å². The van der Waals surface area contributed by atoms with Crippen molar-refractivity contribution in [3.05, 3.63) is 127 Å². The van der Waals surface area contributed by atoms with Crippen LogP contribution in [0, 0.1) is 0 Å². The third-order valence-corrected chi connectivity index (χ3v) is 15.0. The third kappa shape index (κ3) is 3.96. The molecule has 4 aromatic rings. The fourth-order valence-corrected chi connectivity index (χ4v) is 14.6. The zero-order chi connectivity index (χ0) is 23.3. The highest BCUT2D eigenvalue weighted by Gasteiger charge is 2.64. The first kappa shape index (κ1) is 23.2. The van der Waals surface area contributed by atoms with Gasteiger partial charge in [0.15, 0.2) is 8.07 Å². The van der Waals surface area contributed by atoms with E-state index in [1.54, 1.807) is 0 Å². The predicted molar refractivity (Wildman–Crippen MR) is 149 cm³/mol. The molecule has 5 rings (SSSR count). The first-order chi connectivity index (χ1) is 16.8. The van der Waals surface area contributed by atoms with E-state index in [-0.39, 0.29) is 9.81 Å². The molecule has 0 bridgehead atoms. The summed E-state index contributed by atoms with van der Waals surface area (Å²) < 4.78 is 6.32. The van der Waals surface area contributed by atoms with Crippen molar-refractivity contribution in [3.63, 3.8) is 0 Å². The molecule has 0 spiro atoms. The van der Waals surface area contributed by atoms with Gasteiger partial charge in [-0.05, 0) is 27.5 Å². The van der Waals surface area contributed by atoms with Crippen LogP contribution in [0.1, 0.15) is 31.7 Å². The molecular weight excluding hydrogens is 448 g/mol. The van der Waals surface area contributed by atoms with Crippen molar-refractivity contribution in [1.82, 2.24) is 0 Å². The van der Waals surface area contributed by atoms with Gasteiger partial charge in [-0.1, -0.05) is 135 Å². The predicted octanol–water partition coefficient (Wildman–Crippen LogP) is 5.87. The van der Waals surface area contributed by atoms with Gasteiger partial charge in [-0.3, -0.25) is 0 Å². The lowest BCUT2D eigenvalue weighted by Crippen LogP contribution is -2.80. The number of unbranched alkanes of at least 4 members (excludes halogenated alkanes) is 1. The van der Waals surface area contributed by atoms with Gasteiger partial charge in [-0.25, -0.2) is 0 Å². The summed E-state index contributed by atoms with van der Waals surface area (Å²) in [5, 5.41) is 4.36. The Balaban J connectivity index is 1.77. The third-order valence-electron chi connectivity index (χ3n) is 7.05. The molecule has 0 unspecified atom stereocenters. The van der Waals surface area contributed by atoms with Crippen LogP contribution in [0.15, 0.2) is 121 Å². The van der Waals surface area contributed by atoms with Crippen LogP contribution < -0.4 is 15.6 Å². The first-order valence-corrected chi connectivity index (χ1v) is 15.2. The molecule has 0 radical (unpaired) electrons. The largest absolute Gasteiger partial charge is 0.368 e. The van der Waals surface area contributed by atoms with E-state index in [4.69, 9.17) is 4.74 Å². The van der Waals surface area contributed by atoms with Crippen molar-refractivity contribution in [2.24, 2.45) is 0 Å². The van der Waals surface area contributed by atoms with Crippen LogP contribution in [0.4, 0.5) is 0 Å². The van der Waals surface area contributed by atoms with Gasteiger partial charge in [0.2, 0.25) is 0 Å². The molecule has 0 N–H and O–H groups in total. The Kier molecular flexibility index (Phi) is 7.05. The Bertz CT molecular complexity index is 1060. The lowest BCUT2D eigenvalue weighted by Gasteiger charge is -2.58.